The predicted molar refractivity (Wildman–Crippen MR) is 74.1 cm³/mol. The van der Waals surface area contributed by atoms with Crippen molar-refractivity contribution in [1.29, 1.82) is 0 Å². The Morgan fingerprint density at radius 1 is 1.25 bits per heavy atom. The number of furan rings is 1. The average molecular weight is 271 g/mol. The van der Waals surface area contributed by atoms with Gasteiger partial charge in [0.1, 0.15) is 11.5 Å². The number of rotatable bonds is 4. The maximum atomic E-state index is 11.0. The molecule has 2 rings (SSSR count). The predicted octanol–water partition coefficient (Wildman–Crippen LogP) is 2.45. The van der Waals surface area contributed by atoms with E-state index in [0.717, 1.165) is 5.56 Å². The molecule has 0 bridgehead atoms. The second kappa shape index (κ2) is 5.44. The molecule has 0 atom stereocenters. The molecule has 1 aromatic carbocycles. The van der Waals surface area contributed by atoms with Crippen molar-refractivity contribution < 1.29 is 19.1 Å². The van der Waals surface area contributed by atoms with Crippen molar-refractivity contribution in [2.45, 2.75) is 6.92 Å². The van der Waals surface area contributed by atoms with E-state index in [2.05, 4.69) is 0 Å². The number of carbonyl (C=O) groups is 2. The summed E-state index contributed by atoms with van der Waals surface area (Å²) in [5.74, 6) is -0.549. The number of hydrogen-bond acceptors (Lipinski definition) is 3. The number of aromatic carboxylic acids is 1. The Morgan fingerprint density at radius 2 is 2.00 bits per heavy atom. The molecule has 3 N–H and O–H groups in total. The zero-order chi connectivity index (χ0) is 14.7. The molecule has 2 aromatic rings. The highest BCUT2D eigenvalue weighted by molar-refractivity contribution is 5.90. The van der Waals surface area contributed by atoms with Crippen molar-refractivity contribution in [3.05, 3.63) is 53.3 Å². The van der Waals surface area contributed by atoms with Gasteiger partial charge in [0.25, 0.3) is 0 Å². The van der Waals surface area contributed by atoms with Crippen molar-refractivity contribution in [2.75, 3.05) is 0 Å². The number of carboxylic acids is 1. The summed E-state index contributed by atoms with van der Waals surface area (Å²) in [6, 6.07) is 8.21. The van der Waals surface area contributed by atoms with E-state index in [1.165, 1.54) is 18.2 Å². The van der Waals surface area contributed by atoms with Gasteiger partial charge in [-0.2, -0.15) is 0 Å². The van der Waals surface area contributed by atoms with E-state index in [9.17, 15) is 9.59 Å². The van der Waals surface area contributed by atoms with Gasteiger partial charge < -0.3 is 15.3 Å². The van der Waals surface area contributed by atoms with Gasteiger partial charge in [-0.3, -0.25) is 4.79 Å². The second-order valence-electron chi connectivity index (χ2n) is 4.27. The third-order valence-electron chi connectivity index (χ3n) is 2.79. The Labute approximate surface area is 115 Å². The van der Waals surface area contributed by atoms with Crippen LogP contribution in [0.4, 0.5) is 0 Å². The maximum Gasteiger partial charge on any atom is 0.335 e. The molecule has 0 aliphatic heterocycles. The number of nitrogens with two attached hydrogens (primary N) is 1. The number of amides is 1. The molecular formula is C15H13NO4. The highest BCUT2D eigenvalue weighted by atomic mass is 16.4. The van der Waals surface area contributed by atoms with Gasteiger partial charge >= 0.3 is 5.97 Å². The standard InChI is InChI=1S/C15H13NO4/c1-9-2-3-10(15(18)19)8-12(9)13-6-4-11(20-13)5-7-14(16)17/h2-8H,1H3,(H2,16,17)(H,18,19)/b7-5-. The van der Waals surface area contributed by atoms with E-state index >= 15 is 0 Å². The van der Waals surface area contributed by atoms with Crippen LogP contribution in [0.25, 0.3) is 17.4 Å². The maximum absolute atomic E-state index is 11.0. The van der Waals surface area contributed by atoms with Crippen LogP contribution < -0.4 is 5.73 Å². The van der Waals surface area contributed by atoms with E-state index in [1.54, 1.807) is 24.3 Å². The van der Waals surface area contributed by atoms with Crippen LogP contribution in [0.5, 0.6) is 0 Å². The Balaban J connectivity index is 2.39. The summed E-state index contributed by atoms with van der Waals surface area (Å²) in [6.45, 7) is 1.86. The molecule has 0 spiro atoms. The highest BCUT2D eigenvalue weighted by Gasteiger charge is 2.10. The van der Waals surface area contributed by atoms with Gasteiger partial charge in [-0.05, 0) is 42.8 Å². The summed E-state index contributed by atoms with van der Waals surface area (Å²) in [7, 11) is 0. The molecule has 0 saturated carbocycles. The van der Waals surface area contributed by atoms with Gasteiger partial charge in [0, 0.05) is 11.6 Å². The number of carbonyl (C=O) groups excluding carboxylic acids is 1. The van der Waals surface area contributed by atoms with Gasteiger partial charge in [-0.1, -0.05) is 6.07 Å². The van der Waals surface area contributed by atoms with Gasteiger partial charge in [0.2, 0.25) is 5.91 Å². The van der Waals surface area contributed by atoms with Crippen molar-refractivity contribution in [1.82, 2.24) is 0 Å². The van der Waals surface area contributed by atoms with Gasteiger partial charge in [-0.25, -0.2) is 4.79 Å². The van der Waals surface area contributed by atoms with Crippen molar-refractivity contribution >= 4 is 18.0 Å². The number of primary amides is 1. The topological polar surface area (TPSA) is 93.5 Å². The van der Waals surface area contributed by atoms with Gasteiger partial charge in [-0.15, -0.1) is 0 Å². The SMILES string of the molecule is Cc1ccc(C(=O)O)cc1-c1ccc(/C=C\C(N)=O)o1. The van der Waals surface area contributed by atoms with E-state index < -0.39 is 11.9 Å². The Morgan fingerprint density at radius 3 is 2.65 bits per heavy atom. The lowest BCUT2D eigenvalue weighted by molar-refractivity contribution is -0.113. The van der Waals surface area contributed by atoms with Crippen LogP contribution >= 0.6 is 0 Å². The fourth-order valence-corrected chi connectivity index (χ4v) is 1.77. The summed E-state index contributed by atoms with van der Waals surface area (Å²) < 4.78 is 5.55. The van der Waals surface area contributed by atoms with Crippen molar-refractivity contribution in [3.8, 4) is 11.3 Å². The van der Waals surface area contributed by atoms with Gasteiger partial charge in [0.15, 0.2) is 0 Å². The van der Waals surface area contributed by atoms with Crippen LogP contribution in [0.1, 0.15) is 21.7 Å². The molecule has 20 heavy (non-hydrogen) atoms. The molecule has 0 fully saturated rings. The first-order chi connectivity index (χ1) is 9.47. The number of benzene rings is 1. The molecular weight excluding hydrogens is 258 g/mol. The van der Waals surface area contributed by atoms with E-state index in [4.69, 9.17) is 15.3 Å². The number of carboxylic acid groups (broad SMARTS) is 1. The van der Waals surface area contributed by atoms with Crippen LogP contribution in [-0.4, -0.2) is 17.0 Å². The highest BCUT2D eigenvalue weighted by Crippen LogP contribution is 2.27. The summed E-state index contributed by atoms with van der Waals surface area (Å²) in [5.41, 5.74) is 6.79. The largest absolute Gasteiger partial charge is 0.478 e. The minimum atomic E-state index is -0.994. The third kappa shape index (κ3) is 2.95. The quantitative estimate of drug-likeness (QED) is 0.835. The molecule has 0 aliphatic rings. The lowest BCUT2D eigenvalue weighted by atomic mass is 10.0. The molecule has 102 valence electrons. The molecule has 0 unspecified atom stereocenters. The third-order valence-corrected chi connectivity index (χ3v) is 2.79. The number of hydrogen-bond donors (Lipinski definition) is 2. The zero-order valence-corrected chi connectivity index (χ0v) is 10.8. The average Bonchev–Trinajstić information content (AvgIpc) is 2.85. The number of aryl methyl sites for hydroxylation is 1. The molecule has 5 heteroatoms. The van der Waals surface area contributed by atoms with Crippen LogP contribution in [0.3, 0.4) is 0 Å². The van der Waals surface area contributed by atoms with Crippen LogP contribution in [0, 0.1) is 6.92 Å². The fourth-order valence-electron chi connectivity index (χ4n) is 1.77. The molecule has 1 aromatic heterocycles. The Kier molecular flexibility index (Phi) is 3.70. The molecule has 5 nitrogen and oxygen atoms in total. The lowest BCUT2D eigenvalue weighted by Crippen LogP contribution is -2.04. The molecule has 0 saturated heterocycles. The van der Waals surface area contributed by atoms with E-state index in [1.807, 2.05) is 6.92 Å². The normalized spacial score (nSPS) is 10.8. The molecule has 0 radical (unpaired) electrons. The van der Waals surface area contributed by atoms with Crippen LogP contribution in [0.2, 0.25) is 0 Å². The zero-order valence-electron chi connectivity index (χ0n) is 10.8. The molecule has 0 aliphatic carbocycles. The summed E-state index contributed by atoms with van der Waals surface area (Å²) in [5, 5.41) is 9.00. The smallest absolute Gasteiger partial charge is 0.335 e. The first kappa shape index (κ1) is 13.6. The van der Waals surface area contributed by atoms with Crippen LogP contribution in [-0.2, 0) is 4.79 Å². The Bertz CT molecular complexity index is 698. The molecule has 1 amide bonds. The Hall–Kier alpha value is -2.82. The van der Waals surface area contributed by atoms with Gasteiger partial charge in [0.05, 0.1) is 5.56 Å². The van der Waals surface area contributed by atoms with Crippen LogP contribution in [0.15, 0.2) is 40.8 Å². The fraction of sp³-hybridized carbons (Fsp3) is 0.0667. The lowest BCUT2D eigenvalue weighted by Gasteiger charge is -2.04. The van der Waals surface area contributed by atoms with E-state index in [-0.39, 0.29) is 5.56 Å². The molecule has 1 heterocycles. The minimum Gasteiger partial charge on any atom is -0.478 e. The second-order valence-corrected chi connectivity index (χ2v) is 4.27. The van der Waals surface area contributed by atoms with E-state index in [0.29, 0.717) is 17.1 Å². The van der Waals surface area contributed by atoms with Crippen molar-refractivity contribution in [2.24, 2.45) is 5.73 Å². The monoisotopic (exact) mass is 271 g/mol. The van der Waals surface area contributed by atoms with Crippen molar-refractivity contribution in [3.63, 3.8) is 0 Å². The summed E-state index contributed by atoms with van der Waals surface area (Å²) in [4.78, 5) is 21.6. The first-order valence-corrected chi connectivity index (χ1v) is 5.89. The minimum absolute atomic E-state index is 0.191. The summed E-state index contributed by atoms with van der Waals surface area (Å²) in [6.07, 6.45) is 2.66. The summed E-state index contributed by atoms with van der Waals surface area (Å²) >= 11 is 0. The first-order valence-electron chi connectivity index (χ1n) is 5.89.